The maximum Gasteiger partial charge on any atom is 0.354 e. The van der Waals surface area contributed by atoms with Gasteiger partial charge in [0.1, 0.15) is 5.75 Å². The van der Waals surface area contributed by atoms with Crippen molar-refractivity contribution < 1.29 is 19.4 Å². The van der Waals surface area contributed by atoms with E-state index in [0.717, 1.165) is 68.9 Å². The number of hydrogen-bond acceptors (Lipinski definition) is 6. The van der Waals surface area contributed by atoms with Crippen molar-refractivity contribution >= 4 is 17.0 Å². The Labute approximate surface area is 186 Å². The van der Waals surface area contributed by atoms with Gasteiger partial charge in [-0.15, -0.1) is 0 Å². The number of carbonyl (C=O) groups is 1. The third kappa shape index (κ3) is 4.20. The van der Waals surface area contributed by atoms with Gasteiger partial charge in [-0.05, 0) is 31.4 Å². The smallest absolute Gasteiger partial charge is 0.354 e. The van der Waals surface area contributed by atoms with Gasteiger partial charge in [-0.25, -0.2) is 14.5 Å². The van der Waals surface area contributed by atoms with Crippen molar-refractivity contribution in [3.63, 3.8) is 0 Å². The van der Waals surface area contributed by atoms with Gasteiger partial charge in [0.05, 0.1) is 36.6 Å². The van der Waals surface area contributed by atoms with E-state index in [1.165, 1.54) is 6.42 Å². The second kappa shape index (κ2) is 9.26. The lowest BCUT2D eigenvalue weighted by molar-refractivity contribution is 0.0358. The van der Waals surface area contributed by atoms with Crippen LogP contribution in [0.15, 0.2) is 36.4 Å². The van der Waals surface area contributed by atoms with Gasteiger partial charge >= 0.3 is 5.97 Å². The van der Waals surface area contributed by atoms with Crippen LogP contribution in [-0.2, 0) is 4.74 Å². The summed E-state index contributed by atoms with van der Waals surface area (Å²) in [5, 5.41) is 15.4. The average molecular weight is 437 g/mol. The summed E-state index contributed by atoms with van der Waals surface area (Å²) in [6.07, 6.45) is 4.20. The molecule has 2 aliphatic rings. The van der Waals surface area contributed by atoms with Crippen molar-refractivity contribution in [1.29, 1.82) is 0 Å². The maximum atomic E-state index is 11.8. The number of rotatable bonds is 8. The molecule has 0 radical (unpaired) electrons. The minimum absolute atomic E-state index is 0.0297. The predicted octanol–water partition coefficient (Wildman–Crippen LogP) is 3.49. The molecule has 32 heavy (non-hydrogen) atoms. The van der Waals surface area contributed by atoms with Gasteiger partial charge in [-0.3, -0.25) is 4.90 Å². The van der Waals surface area contributed by atoms with Crippen LogP contribution in [0, 0.1) is 0 Å². The highest BCUT2D eigenvalue weighted by molar-refractivity contribution is 5.94. The van der Waals surface area contributed by atoms with Crippen LogP contribution in [0.1, 0.15) is 47.8 Å². The monoisotopic (exact) mass is 436 g/mol. The summed E-state index contributed by atoms with van der Waals surface area (Å²) in [6, 6.07) is 11.3. The first-order chi connectivity index (χ1) is 15.7. The summed E-state index contributed by atoms with van der Waals surface area (Å²) in [4.78, 5) is 18.7. The number of hydrogen-bond donors (Lipinski definition) is 1. The van der Waals surface area contributed by atoms with Gasteiger partial charge in [-0.1, -0.05) is 24.6 Å². The molecule has 3 heterocycles. The van der Waals surface area contributed by atoms with Crippen molar-refractivity contribution in [2.24, 2.45) is 0 Å². The third-order valence-corrected chi connectivity index (χ3v) is 6.32. The third-order valence-electron chi connectivity index (χ3n) is 6.32. The fourth-order valence-corrected chi connectivity index (χ4v) is 4.34. The van der Waals surface area contributed by atoms with Gasteiger partial charge in [0.2, 0.25) is 0 Å². The van der Waals surface area contributed by atoms with Crippen LogP contribution < -0.4 is 4.74 Å². The normalized spacial score (nSPS) is 17.4. The molecular formula is C24H28N4O4. The molecule has 2 aromatic heterocycles. The van der Waals surface area contributed by atoms with Crippen LogP contribution >= 0.6 is 0 Å². The molecule has 0 amide bonds. The Kier molecular flexibility index (Phi) is 6.05. The molecule has 3 aromatic rings. The van der Waals surface area contributed by atoms with Crippen LogP contribution in [0.2, 0.25) is 0 Å². The van der Waals surface area contributed by atoms with E-state index in [1.807, 2.05) is 30.3 Å². The molecule has 0 atom stereocenters. The Hall–Kier alpha value is -2.97. The SMILES string of the molecule is O=C(O)c1cc(OCCCN2CCOCC2)c2c(C3CCC3)nn(-c3ccccc3)c2n1. The van der Waals surface area contributed by atoms with Crippen LogP contribution in [0.5, 0.6) is 5.75 Å². The van der Waals surface area contributed by atoms with Crippen molar-refractivity contribution in [2.45, 2.75) is 31.6 Å². The number of morpholine rings is 1. The van der Waals surface area contributed by atoms with Crippen LogP contribution in [0.25, 0.3) is 16.7 Å². The second-order valence-corrected chi connectivity index (χ2v) is 8.43. The number of carboxylic acids is 1. The molecule has 0 unspecified atom stereocenters. The number of pyridine rings is 1. The summed E-state index contributed by atoms with van der Waals surface area (Å²) in [6.45, 7) is 4.88. The number of carboxylic acid groups (broad SMARTS) is 1. The van der Waals surface area contributed by atoms with E-state index >= 15 is 0 Å². The van der Waals surface area contributed by atoms with E-state index in [-0.39, 0.29) is 5.69 Å². The fourth-order valence-electron chi connectivity index (χ4n) is 4.34. The zero-order valence-electron chi connectivity index (χ0n) is 18.1. The Balaban J connectivity index is 1.49. The highest BCUT2D eigenvalue weighted by Gasteiger charge is 2.29. The lowest BCUT2D eigenvalue weighted by Crippen LogP contribution is -2.37. The van der Waals surface area contributed by atoms with Gasteiger partial charge in [0, 0.05) is 31.6 Å². The number of aromatic carboxylic acids is 1. The molecule has 1 saturated heterocycles. The van der Waals surface area contributed by atoms with Crippen LogP contribution in [0.3, 0.4) is 0 Å². The highest BCUT2D eigenvalue weighted by atomic mass is 16.5. The van der Waals surface area contributed by atoms with Crippen LogP contribution in [0.4, 0.5) is 0 Å². The van der Waals surface area contributed by atoms with Gasteiger partial charge in [-0.2, -0.15) is 5.10 Å². The standard InChI is InChI=1S/C24H28N4O4/c29-24(30)19-16-20(32-13-5-10-27-11-14-31-15-12-27)21-22(17-6-4-7-17)26-28(23(21)25-19)18-8-2-1-3-9-18/h1-3,8-9,16-17H,4-7,10-15H2,(H,29,30). The number of benzene rings is 1. The summed E-state index contributed by atoms with van der Waals surface area (Å²) in [5.74, 6) is -0.148. The van der Waals surface area contributed by atoms with E-state index in [0.29, 0.717) is 23.9 Å². The van der Waals surface area contributed by atoms with Gasteiger partial charge < -0.3 is 14.6 Å². The zero-order valence-corrected chi connectivity index (χ0v) is 18.1. The van der Waals surface area contributed by atoms with E-state index in [1.54, 1.807) is 10.7 Å². The largest absolute Gasteiger partial charge is 0.493 e. The molecule has 1 aromatic carbocycles. The molecule has 1 aliphatic carbocycles. The summed E-state index contributed by atoms with van der Waals surface area (Å²) >= 11 is 0. The first kappa shape index (κ1) is 20.9. The van der Waals surface area contributed by atoms with Crippen molar-refractivity contribution in [1.82, 2.24) is 19.7 Å². The lowest BCUT2D eigenvalue weighted by atomic mass is 9.82. The number of fused-ring (bicyclic) bond motifs is 1. The summed E-state index contributed by atoms with van der Waals surface area (Å²) in [5.41, 5.74) is 2.33. The minimum Gasteiger partial charge on any atom is -0.493 e. The molecule has 168 valence electrons. The first-order valence-electron chi connectivity index (χ1n) is 11.4. The Morgan fingerprint density at radius 1 is 1.19 bits per heavy atom. The quantitative estimate of drug-likeness (QED) is 0.541. The molecule has 8 nitrogen and oxygen atoms in total. The number of para-hydroxylation sites is 1. The number of ether oxygens (including phenoxy) is 2. The van der Waals surface area contributed by atoms with Crippen molar-refractivity contribution in [3.05, 3.63) is 47.8 Å². The highest BCUT2D eigenvalue weighted by Crippen LogP contribution is 2.42. The maximum absolute atomic E-state index is 11.8. The Morgan fingerprint density at radius 3 is 2.66 bits per heavy atom. The molecule has 0 bridgehead atoms. The van der Waals surface area contributed by atoms with E-state index in [4.69, 9.17) is 14.6 Å². The molecule has 1 saturated carbocycles. The summed E-state index contributed by atoms with van der Waals surface area (Å²) in [7, 11) is 0. The van der Waals surface area contributed by atoms with Crippen molar-refractivity contribution in [2.75, 3.05) is 39.5 Å². The van der Waals surface area contributed by atoms with Crippen molar-refractivity contribution in [3.8, 4) is 11.4 Å². The molecular weight excluding hydrogens is 408 g/mol. The van der Waals surface area contributed by atoms with Gasteiger partial charge in [0.25, 0.3) is 0 Å². The molecule has 5 rings (SSSR count). The number of nitrogens with zero attached hydrogens (tertiary/aromatic N) is 4. The minimum atomic E-state index is -1.07. The van der Waals surface area contributed by atoms with E-state index in [2.05, 4.69) is 9.88 Å². The predicted molar refractivity (Wildman–Crippen MR) is 120 cm³/mol. The molecule has 2 fully saturated rings. The molecule has 1 aliphatic heterocycles. The number of aromatic nitrogens is 3. The molecule has 1 N–H and O–H groups in total. The fraction of sp³-hybridized carbons (Fsp3) is 0.458. The zero-order chi connectivity index (χ0) is 21.9. The summed E-state index contributed by atoms with van der Waals surface area (Å²) < 4.78 is 13.4. The molecule has 8 heteroatoms. The van der Waals surface area contributed by atoms with E-state index < -0.39 is 5.97 Å². The second-order valence-electron chi connectivity index (χ2n) is 8.43. The Bertz CT molecular complexity index is 1090. The van der Waals surface area contributed by atoms with Crippen LogP contribution in [-0.4, -0.2) is 70.2 Å². The Morgan fingerprint density at radius 2 is 1.97 bits per heavy atom. The topological polar surface area (TPSA) is 89.7 Å². The average Bonchev–Trinajstić information content (AvgIpc) is 3.16. The van der Waals surface area contributed by atoms with E-state index in [9.17, 15) is 9.90 Å². The molecule has 0 spiro atoms. The lowest BCUT2D eigenvalue weighted by Gasteiger charge is -2.26. The van der Waals surface area contributed by atoms with Gasteiger partial charge in [0.15, 0.2) is 11.3 Å². The first-order valence-corrected chi connectivity index (χ1v) is 11.4.